The molecule has 1 aromatic carbocycles. The molecule has 0 spiro atoms. The first kappa shape index (κ1) is 20.9. The van der Waals surface area contributed by atoms with E-state index in [1.165, 1.54) is 0 Å². The minimum Gasteiger partial charge on any atom is -0.493 e. The normalized spacial score (nSPS) is 16.6. The summed E-state index contributed by atoms with van der Waals surface area (Å²) in [6.45, 7) is 7.11. The molecule has 0 aliphatic carbocycles. The Balaban J connectivity index is 1.69. The average Bonchev–Trinajstić information content (AvgIpc) is 3.33. The van der Waals surface area contributed by atoms with Gasteiger partial charge in [0.1, 0.15) is 5.75 Å². The van der Waals surface area contributed by atoms with E-state index in [0.717, 1.165) is 31.6 Å². The molecule has 1 atom stereocenters. The van der Waals surface area contributed by atoms with Crippen molar-refractivity contribution in [3.05, 3.63) is 48.3 Å². The second kappa shape index (κ2) is 9.11. The smallest absolute Gasteiger partial charge is 0.240 e. The largest absolute Gasteiger partial charge is 0.493 e. The lowest BCUT2D eigenvalue weighted by Gasteiger charge is -2.28. The van der Waals surface area contributed by atoms with Gasteiger partial charge in [-0.15, -0.1) is 0 Å². The van der Waals surface area contributed by atoms with Gasteiger partial charge in [-0.3, -0.25) is 4.90 Å². The molecule has 1 unspecified atom stereocenters. The van der Waals surface area contributed by atoms with E-state index in [9.17, 15) is 8.42 Å². The molecular weight excluding hydrogens is 374 g/mol. The molecule has 0 saturated carbocycles. The SMILES string of the molecule is CC(C)COc1ccc(S(=O)(=O)NCC(c2cccn2C)N2CCCC2)cc1. The van der Waals surface area contributed by atoms with Gasteiger partial charge >= 0.3 is 0 Å². The van der Waals surface area contributed by atoms with Gasteiger partial charge < -0.3 is 9.30 Å². The summed E-state index contributed by atoms with van der Waals surface area (Å²) < 4.78 is 36.1. The van der Waals surface area contributed by atoms with Crippen LogP contribution in [0.15, 0.2) is 47.5 Å². The number of hydrogen-bond acceptors (Lipinski definition) is 4. The molecule has 6 nitrogen and oxygen atoms in total. The second-order valence-corrected chi connectivity index (χ2v) is 9.60. The van der Waals surface area contributed by atoms with Crippen LogP contribution in [-0.4, -0.2) is 44.1 Å². The molecule has 3 rings (SSSR count). The van der Waals surface area contributed by atoms with Gasteiger partial charge in [0.25, 0.3) is 0 Å². The minimum atomic E-state index is -3.58. The number of sulfonamides is 1. The van der Waals surface area contributed by atoms with Crippen molar-refractivity contribution in [2.45, 2.75) is 37.6 Å². The van der Waals surface area contributed by atoms with Crippen molar-refractivity contribution < 1.29 is 13.2 Å². The van der Waals surface area contributed by atoms with E-state index >= 15 is 0 Å². The quantitative estimate of drug-likeness (QED) is 0.696. The van der Waals surface area contributed by atoms with Crippen LogP contribution >= 0.6 is 0 Å². The topological polar surface area (TPSA) is 63.6 Å². The zero-order chi connectivity index (χ0) is 20.1. The molecule has 0 bridgehead atoms. The molecule has 1 aliphatic rings. The molecule has 28 heavy (non-hydrogen) atoms. The number of hydrogen-bond donors (Lipinski definition) is 1. The van der Waals surface area contributed by atoms with Crippen LogP contribution in [0.25, 0.3) is 0 Å². The minimum absolute atomic E-state index is 0.0333. The van der Waals surface area contributed by atoms with Gasteiger partial charge in [-0.2, -0.15) is 0 Å². The predicted octanol–water partition coefficient (Wildman–Crippen LogP) is 3.18. The number of likely N-dealkylation sites (tertiary alicyclic amines) is 1. The molecule has 1 saturated heterocycles. The highest BCUT2D eigenvalue weighted by atomic mass is 32.2. The summed E-state index contributed by atoms with van der Waals surface area (Å²) in [5, 5.41) is 0. The molecule has 7 heteroatoms. The van der Waals surface area contributed by atoms with Crippen LogP contribution in [0, 0.1) is 5.92 Å². The Bertz CT molecular complexity index is 853. The third-order valence-corrected chi connectivity index (χ3v) is 6.53. The number of ether oxygens (including phenoxy) is 1. The molecule has 1 fully saturated rings. The van der Waals surface area contributed by atoms with E-state index in [-0.39, 0.29) is 10.9 Å². The number of aryl methyl sites for hydroxylation is 1. The second-order valence-electron chi connectivity index (χ2n) is 7.83. The molecule has 1 aromatic heterocycles. The third-order valence-electron chi connectivity index (χ3n) is 5.09. The fourth-order valence-corrected chi connectivity index (χ4v) is 4.58. The van der Waals surface area contributed by atoms with E-state index in [1.54, 1.807) is 24.3 Å². The summed E-state index contributed by atoms with van der Waals surface area (Å²) in [6, 6.07) is 10.7. The average molecular weight is 406 g/mol. The van der Waals surface area contributed by atoms with Crippen LogP contribution in [0.2, 0.25) is 0 Å². The van der Waals surface area contributed by atoms with Gasteiger partial charge in [0.15, 0.2) is 0 Å². The highest BCUT2D eigenvalue weighted by Gasteiger charge is 2.27. The molecule has 1 N–H and O–H groups in total. The molecule has 0 radical (unpaired) electrons. The molecule has 2 aromatic rings. The lowest BCUT2D eigenvalue weighted by atomic mass is 10.2. The summed E-state index contributed by atoms with van der Waals surface area (Å²) in [4.78, 5) is 2.62. The number of nitrogens with zero attached hydrogens (tertiary/aromatic N) is 2. The lowest BCUT2D eigenvalue weighted by Crippen LogP contribution is -2.37. The Labute approximate surface area is 168 Å². The van der Waals surface area contributed by atoms with Crippen LogP contribution in [0.5, 0.6) is 5.75 Å². The summed E-state index contributed by atoms with van der Waals surface area (Å²) in [5.74, 6) is 1.11. The Morgan fingerprint density at radius 1 is 1.11 bits per heavy atom. The van der Waals surface area contributed by atoms with Crippen molar-refractivity contribution in [2.75, 3.05) is 26.2 Å². The van der Waals surface area contributed by atoms with Gasteiger partial charge in [0, 0.05) is 25.5 Å². The zero-order valence-electron chi connectivity index (χ0n) is 17.0. The van der Waals surface area contributed by atoms with Crippen LogP contribution in [0.4, 0.5) is 0 Å². The van der Waals surface area contributed by atoms with Gasteiger partial charge in [-0.25, -0.2) is 13.1 Å². The first-order chi connectivity index (χ1) is 13.4. The maximum atomic E-state index is 12.8. The molecule has 0 amide bonds. The molecule has 154 valence electrons. The highest BCUT2D eigenvalue weighted by Crippen LogP contribution is 2.25. The molecular formula is C21H31N3O3S. The van der Waals surface area contributed by atoms with E-state index in [4.69, 9.17) is 4.74 Å². The standard InChI is InChI=1S/C21H31N3O3S/c1-17(2)16-27-18-8-10-19(11-9-18)28(25,26)22-15-21(24-13-4-5-14-24)20-7-6-12-23(20)3/h6-12,17,21-22H,4-5,13-16H2,1-3H3. The van der Waals surface area contributed by atoms with Crippen LogP contribution in [0.1, 0.15) is 38.4 Å². The predicted molar refractivity (Wildman–Crippen MR) is 111 cm³/mol. The van der Waals surface area contributed by atoms with Gasteiger partial charge in [0.05, 0.1) is 17.5 Å². The number of aromatic nitrogens is 1. The van der Waals surface area contributed by atoms with E-state index in [0.29, 0.717) is 24.8 Å². The number of rotatable bonds is 9. The van der Waals surface area contributed by atoms with Crippen LogP contribution < -0.4 is 9.46 Å². The number of nitrogens with one attached hydrogen (secondary N) is 1. The van der Waals surface area contributed by atoms with Crippen LogP contribution in [-0.2, 0) is 17.1 Å². The Morgan fingerprint density at radius 2 is 1.79 bits per heavy atom. The lowest BCUT2D eigenvalue weighted by molar-refractivity contribution is 0.238. The fraction of sp³-hybridized carbons (Fsp3) is 0.524. The van der Waals surface area contributed by atoms with Crippen molar-refractivity contribution >= 4 is 10.0 Å². The zero-order valence-corrected chi connectivity index (χ0v) is 17.8. The van der Waals surface area contributed by atoms with Crippen molar-refractivity contribution in [2.24, 2.45) is 13.0 Å². The maximum Gasteiger partial charge on any atom is 0.240 e. The maximum absolute atomic E-state index is 12.8. The summed E-state index contributed by atoms with van der Waals surface area (Å²) in [5.41, 5.74) is 1.13. The summed E-state index contributed by atoms with van der Waals surface area (Å²) >= 11 is 0. The Kier molecular flexibility index (Phi) is 6.80. The summed E-state index contributed by atoms with van der Waals surface area (Å²) in [7, 11) is -1.58. The van der Waals surface area contributed by atoms with E-state index in [1.807, 2.05) is 19.3 Å². The Morgan fingerprint density at radius 3 is 2.36 bits per heavy atom. The first-order valence-corrected chi connectivity index (χ1v) is 11.4. The highest BCUT2D eigenvalue weighted by molar-refractivity contribution is 7.89. The van der Waals surface area contributed by atoms with Gasteiger partial charge in [0.2, 0.25) is 10.0 Å². The Hall–Kier alpha value is -1.83. The van der Waals surface area contributed by atoms with Crippen molar-refractivity contribution in [3.8, 4) is 5.75 Å². The van der Waals surface area contributed by atoms with Crippen molar-refractivity contribution in [3.63, 3.8) is 0 Å². The summed E-state index contributed by atoms with van der Waals surface area (Å²) in [6.07, 6.45) is 4.32. The van der Waals surface area contributed by atoms with Crippen molar-refractivity contribution in [1.29, 1.82) is 0 Å². The third kappa shape index (κ3) is 5.16. The fourth-order valence-electron chi connectivity index (χ4n) is 3.54. The van der Waals surface area contributed by atoms with Crippen molar-refractivity contribution in [1.82, 2.24) is 14.2 Å². The van der Waals surface area contributed by atoms with E-state index in [2.05, 4.69) is 34.1 Å². The first-order valence-electron chi connectivity index (χ1n) is 9.94. The monoisotopic (exact) mass is 405 g/mol. The van der Waals surface area contributed by atoms with Crippen LogP contribution in [0.3, 0.4) is 0 Å². The number of benzene rings is 1. The van der Waals surface area contributed by atoms with Gasteiger partial charge in [-0.05, 0) is 68.2 Å². The molecule has 2 heterocycles. The molecule has 1 aliphatic heterocycles. The van der Waals surface area contributed by atoms with Gasteiger partial charge in [-0.1, -0.05) is 13.8 Å². The van der Waals surface area contributed by atoms with E-state index < -0.39 is 10.0 Å².